The van der Waals surface area contributed by atoms with E-state index < -0.39 is 60.6 Å². The van der Waals surface area contributed by atoms with E-state index in [1.54, 1.807) is 0 Å². The van der Waals surface area contributed by atoms with Crippen molar-refractivity contribution in [1.82, 2.24) is 10.9 Å². The molecule has 1 aliphatic rings. The lowest BCUT2D eigenvalue weighted by atomic mass is 9.98. The molecule has 1 aliphatic heterocycles. The normalized spacial score (nSPS) is 33.2. The molecule has 1 saturated heterocycles. The van der Waals surface area contributed by atoms with E-state index in [1.165, 1.54) is 6.92 Å². The zero-order valence-corrected chi connectivity index (χ0v) is 12.1. The van der Waals surface area contributed by atoms with E-state index in [4.69, 9.17) is 9.84 Å². The Morgan fingerprint density at radius 1 is 1.18 bits per heavy atom. The molecule has 1 rings (SSSR count). The second-order valence-corrected chi connectivity index (χ2v) is 5.10. The van der Waals surface area contributed by atoms with Crippen LogP contribution in [0.1, 0.15) is 20.3 Å². The van der Waals surface area contributed by atoms with E-state index in [0.29, 0.717) is 0 Å². The van der Waals surface area contributed by atoms with Crippen molar-refractivity contribution in [1.29, 1.82) is 0 Å². The van der Waals surface area contributed by atoms with Gasteiger partial charge in [-0.05, 0) is 6.92 Å². The summed E-state index contributed by atoms with van der Waals surface area (Å²) in [5, 5.41) is 38.0. The average Bonchev–Trinajstić information content (AvgIpc) is 2.42. The first-order valence-corrected chi connectivity index (χ1v) is 6.62. The molecule has 10 nitrogen and oxygen atoms in total. The highest BCUT2D eigenvalue weighted by molar-refractivity contribution is 6.38. The van der Waals surface area contributed by atoms with Crippen LogP contribution in [-0.4, -0.2) is 74.6 Å². The molecule has 10 heteroatoms. The molecule has 0 spiro atoms. The molecule has 0 saturated carbocycles. The zero-order chi connectivity index (χ0) is 17.0. The molecule has 1 unspecified atom stereocenters. The molecular formula is C12H20N2O8. The summed E-state index contributed by atoms with van der Waals surface area (Å²) in [5.41, 5.74) is 4.63. The Balaban J connectivity index is 2.72. The van der Waals surface area contributed by atoms with Gasteiger partial charge in [0.1, 0.15) is 18.2 Å². The summed E-state index contributed by atoms with van der Waals surface area (Å²) in [7, 11) is 0. The fraction of sp³-hybridized carbons (Fsp3) is 0.750. The van der Waals surface area contributed by atoms with Gasteiger partial charge in [-0.15, -0.1) is 0 Å². The third-order valence-electron chi connectivity index (χ3n) is 3.33. The first-order valence-electron chi connectivity index (χ1n) is 6.62. The fourth-order valence-corrected chi connectivity index (χ4v) is 2.03. The molecule has 0 bridgehead atoms. The molecule has 0 aliphatic carbocycles. The highest BCUT2D eigenvalue weighted by atomic mass is 16.6. The monoisotopic (exact) mass is 320 g/mol. The highest BCUT2D eigenvalue weighted by Crippen LogP contribution is 2.19. The number of nitrogens with one attached hydrogen (secondary N) is 2. The predicted octanol–water partition coefficient (Wildman–Crippen LogP) is -3.09. The number of Topliss-reactive ketones (excluding diaryl/α,β-unsaturated/α-hetero) is 2. The van der Waals surface area contributed by atoms with Gasteiger partial charge in [0.05, 0.1) is 18.6 Å². The van der Waals surface area contributed by atoms with E-state index in [0.717, 1.165) is 6.92 Å². The number of carboxylic acids is 1. The topological polar surface area (TPSA) is 165 Å². The number of rotatable bonds is 7. The maximum absolute atomic E-state index is 11.6. The summed E-state index contributed by atoms with van der Waals surface area (Å²) in [5.74, 6) is -3.12. The van der Waals surface area contributed by atoms with Crippen LogP contribution in [0.2, 0.25) is 0 Å². The number of aliphatic hydroxyl groups excluding tert-OH is 3. The number of hydrogen-bond donors (Lipinski definition) is 6. The Bertz CT molecular complexity index is 443. The van der Waals surface area contributed by atoms with E-state index in [1.807, 2.05) is 0 Å². The molecule has 0 amide bonds. The van der Waals surface area contributed by atoms with Gasteiger partial charge >= 0.3 is 5.97 Å². The molecule has 0 aromatic rings. The van der Waals surface area contributed by atoms with Crippen LogP contribution in [0.15, 0.2) is 0 Å². The lowest BCUT2D eigenvalue weighted by molar-refractivity contribution is -0.245. The highest BCUT2D eigenvalue weighted by Gasteiger charge is 2.42. The van der Waals surface area contributed by atoms with Crippen molar-refractivity contribution in [2.24, 2.45) is 0 Å². The summed E-state index contributed by atoms with van der Waals surface area (Å²) in [6.07, 6.45) is -5.70. The summed E-state index contributed by atoms with van der Waals surface area (Å²) in [6, 6.07) is -2.60. The Labute approximate surface area is 126 Å². The number of carbonyl (C=O) groups is 3. The number of ether oxygens (including phenoxy) is 1. The van der Waals surface area contributed by atoms with Gasteiger partial charge < -0.3 is 25.2 Å². The minimum absolute atomic E-state index is 0.676. The van der Waals surface area contributed by atoms with Crippen molar-refractivity contribution < 1.29 is 39.5 Å². The van der Waals surface area contributed by atoms with Crippen molar-refractivity contribution in [2.75, 3.05) is 0 Å². The number of carbonyl (C=O) groups excluding carboxylic acids is 2. The van der Waals surface area contributed by atoms with E-state index in [-0.39, 0.29) is 0 Å². The molecule has 22 heavy (non-hydrogen) atoms. The SMILES string of the molecule is CC(=O)C(=O)[C@H](CC(=O)O)NN[C@H]1C(O)O[C@H](C)[C@@H](O)[C@@H]1O. The number of carboxylic acid groups (broad SMARTS) is 1. The Kier molecular flexibility index (Phi) is 6.53. The molecule has 0 aromatic heterocycles. The van der Waals surface area contributed by atoms with Crippen LogP contribution >= 0.6 is 0 Å². The van der Waals surface area contributed by atoms with Crippen LogP contribution in [0.5, 0.6) is 0 Å². The van der Waals surface area contributed by atoms with E-state index in [9.17, 15) is 29.7 Å². The van der Waals surface area contributed by atoms with Crippen molar-refractivity contribution >= 4 is 17.5 Å². The largest absolute Gasteiger partial charge is 0.481 e. The Hall–Kier alpha value is -1.43. The third kappa shape index (κ3) is 4.53. The van der Waals surface area contributed by atoms with Gasteiger partial charge in [-0.2, -0.15) is 0 Å². The van der Waals surface area contributed by atoms with Gasteiger partial charge in [-0.25, -0.2) is 10.9 Å². The van der Waals surface area contributed by atoms with Crippen molar-refractivity contribution in [3.63, 3.8) is 0 Å². The van der Waals surface area contributed by atoms with Gasteiger partial charge in [0.15, 0.2) is 12.1 Å². The predicted molar refractivity (Wildman–Crippen MR) is 70.4 cm³/mol. The second-order valence-electron chi connectivity index (χ2n) is 5.10. The first kappa shape index (κ1) is 18.6. The molecule has 6 atom stereocenters. The summed E-state index contributed by atoms with van der Waals surface area (Å²) < 4.78 is 4.98. The van der Waals surface area contributed by atoms with Gasteiger partial charge in [-0.3, -0.25) is 14.4 Å². The molecule has 0 aromatic carbocycles. The molecule has 1 heterocycles. The van der Waals surface area contributed by atoms with Gasteiger partial charge in [0.25, 0.3) is 0 Å². The number of aliphatic carboxylic acids is 1. The van der Waals surface area contributed by atoms with Crippen molar-refractivity contribution in [3.05, 3.63) is 0 Å². The minimum Gasteiger partial charge on any atom is -0.481 e. The number of aliphatic hydroxyl groups is 3. The maximum Gasteiger partial charge on any atom is 0.305 e. The van der Waals surface area contributed by atoms with Crippen molar-refractivity contribution in [2.45, 2.75) is 57.0 Å². The molecule has 0 radical (unpaired) electrons. The lowest BCUT2D eigenvalue weighted by Gasteiger charge is -2.40. The van der Waals surface area contributed by atoms with Crippen LogP contribution in [-0.2, 0) is 19.1 Å². The zero-order valence-electron chi connectivity index (χ0n) is 12.1. The minimum atomic E-state index is -1.50. The standard InChI is InChI=1S/C12H20N2O8/c1-4(15)9(18)6(3-7(16)17)13-14-8-11(20)10(19)5(2)22-12(8)21/h5-6,8,10-14,19-21H,3H2,1-2H3,(H,16,17)/t5-,6+,8-,10-,11-,12?/m1/s1. The summed E-state index contributed by atoms with van der Waals surface area (Å²) >= 11 is 0. The van der Waals surface area contributed by atoms with Gasteiger partial charge in [0, 0.05) is 6.92 Å². The average molecular weight is 320 g/mol. The third-order valence-corrected chi connectivity index (χ3v) is 3.33. The van der Waals surface area contributed by atoms with Crippen molar-refractivity contribution in [3.8, 4) is 0 Å². The van der Waals surface area contributed by atoms with Crippen LogP contribution in [0, 0.1) is 0 Å². The fourth-order valence-electron chi connectivity index (χ4n) is 2.03. The molecule has 6 N–H and O–H groups in total. The first-order chi connectivity index (χ1) is 10.1. The smallest absolute Gasteiger partial charge is 0.305 e. The van der Waals surface area contributed by atoms with Gasteiger partial charge in [0.2, 0.25) is 5.78 Å². The van der Waals surface area contributed by atoms with E-state index in [2.05, 4.69) is 10.9 Å². The molecule has 1 fully saturated rings. The van der Waals surface area contributed by atoms with Crippen LogP contribution in [0.3, 0.4) is 0 Å². The lowest BCUT2D eigenvalue weighted by Crippen LogP contribution is -2.66. The Morgan fingerprint density at radius 3 is 2.27 bits per heavy atom. The number of ketones is 2. The molecular weight excluding hydrogens is 300 g/mol. The van der Waals surface area contributed by atoms with Crippen LogP contribution in [0.4, 0.5) is 0 Å². The van der Waals surface area contributed by atoms with Crippen LogP contribution < -0.4 is 10.9 Å². The molecule has 126 valence electrons. The summed E-state index contributed by atoms with van der Waals surface area (Å²) in [6.45, 7) is 2.45. The van der Waals surface area contributed by atoms with E-state index >= 15 is 0 Å². The summed E-state index contributed by atoms with van der Waals surface area (Å²) in [4.78, 5) is 33.4. The van der Waals surface area contributed by atoms with Crippen LogP contribution in [0.25, 0.3) is 0 Å². The maximum atomic E-state index is 11.6. The Morgan fingerprint density at radius 2 is 1.77 bits per heavy atom. The number of hydrogen-bond acceptors (Lipinski definition) is 9. The second kappa shape index (κ2) is 7.72. The number of hydrazine groups is 1. The quantitative estimate of drug-likeness (QED) is 0.209. The van der Waals surface area contributed by atoms with Gasteiger partial charge in [-0.1, -0.05) is 0 Å².